The normalized spacial score (nSPS) is 10.4. The first-order valence-corrected chi connectivity index (χ1v) is 6.41. The molecule has 0 aliphatic carbocycles. The van der Waals surface area contributed by atoms with E-state index in [1.54, 1.807) is 12.3 Å². The lowest BCUT2D eigenvalue weighted by atomic mass is 10.3. The summed E-state index contributed by atoms with van der Waals surface area (Å²) in [5.74, 6) is 1.78. The number of hydrogen-bond acceptors (Lipinski definition) is 4. The number of para-hydroxylation sites is 1. The number of furan rings is 1. The number of hydrogen-bond donors (Lipinski definition) is 0. The summed E-state index contributed by atoms with van der Waals surface area (Å²) in [5, 5.41) is 0. The van der Waals surface area contributed by atoms with E-state index in [9.17, 15) is 0 Å². The fourth-order valence-electron chi connectivity index (χ4n) is 1.60. The fourth-order valence-corrected chi connectivity index (χ4v) is 2.02. The van der Waals surface area contributed by atoms with E-state index in [1.807, 2.05) is 36.4 Å². The molecule has 19 heavy (non-hydrogen) atoms. The predicted molar refractivity (Wildman–Crippen MR) is 74.0 cm³/mol. The molecule has 0 N–H and O–H groups in total. The summed E-state index contributed by atoms with van der Waals surface area (Å²) < 4.78 is 12.0. The predicted octanol–water partition coefficient (Wildman–Crippen LogP) is 4.29. The van der Waals surface area contributed by atoms with Gasteiger partial charge in [0, 0.05) is 12.3 Å². The molecule has 4 nitrogen and oxygen atoms in total. The average Bonchev–Trinajstić information content (AvgIpc) is 2.89. The van der Waals surface area contributed by atoms with E-state index < -0.39 is 0 Å². The third kappa shape index (κ3) is 2.66. The Hall–Kier alpha value is -2.14. The van der Waals surface area contributed by atoms with Crippen molar-refractivity contribution in [1.82, 2.24) is 9.97 Å². The molecule has 2 heterocycles. The number of aromatic nitrogens is 2. The number of halogens is 1. The first-order valence-electron chi connectivity index (χ1n) is 5.61. The molecule has 0 saturated carbocycles. The second kappa shape index (κ2) is 5.24. The molecule has 1 aromatic carbocycles. The molecule has 0 fully saturated rings. The van der Waals surface area contributed by atoms with E-state index in [0.29, 0.717) is 17.4 Å². The van der Waals surface area contributed by atoms with Gasteiger partial charge < -0.3 is 9.15 Å². The number of rotatable bonds is 3. The van der Waals surface area contributed by atoms with Crippen LogP contribution in [0, 0.1) is 0 Å². The van der Waals surface area contributed by atoms with Crippen LogP contribution in [-0.4, -0.2) is 9.97 Å². The maximum absolute atomic E-state index is 5.61. The van der Waals surface area contributed by atoms with Crippen LogP contribution in [0.2, 0.25) is 0 Å². The SMILES string of the molecule is Brc1cncnc1-c1ccc(Oc2ccccc2)o1. The molecule has 94 valence electrons. The Bertz CT molecular complexity index is 683. The molecule has 5 heteroatoms. The van der Waals surface area contributed by atoms with Crippen LogP contribution in [0.25, 0.3) is 11.5 Å². The van der Waals surface area contributed by atoms with Gasteiger partial charge in [0.2, 0.25) is 0 Å². The zero-order valence-corrected chi connectivity index (χ0v) is 11.4. The van der Waals surface area contributed by atoms with Gasteiger partial charge in [-0.2, -0.15) is 0 Å². The highest BCUT2D eigenvalue weighted by Gasteiger charge is 2.10. The minimum Gasteiger partial charge on any atom is -0.426 e. The van der Waals surface area contributed by atoms with Crippen molar-refractivity contribution in [3.63, 3.8) is 0 Å². The van der Waals surface area contributed by atoms with Crippen LogP contribution in [0.5, 0.6) is 11.7 Å². The van der Waals surface area contributed by atoms with Gasteiger partial charge in [-0.05, 0) is 34.1 Å². The molecule has 0 bridgehead atoms. The maximum Gasteiger partial charge on any atom is 0.290 e. The molecule has 0 radical (unpaired) electrons. The standard InChI is InChI=1S/C14H9BrN2O2/c15-11-8-16-9-17-14(11)12-6-7-13(19-12)18-10-4-2-1-3-5-10/h1-9H. The van der Waals surface area contributed by atoms with Crippen LogP contribution < -0.4 is 4.74 Å². The lowest BCUT2D eigenvalue weighted by Gasteiger charge is -2.01. The van der Waals surface area contributed by atoms with Gasteiger partial charge >= 0.3 is 0 Å². The average molecular weight is 317 g/mol. The Labute approximate surface area is 118 Å². The molecular formula is C14H9BrN2O2. The van der Waals surface area contributed by atoms with Crippen molar-refractivity contribution < 1.29 is 9.15 Å². The van der Waals surface area contributed by atoms with Gasteiger partial charge in [0.15, 0.2) is 5.76 Å². The van der Waals surface area contributed by atoms with Gasteiger partial charge in [-0.3, -0.25) is 0 Å². The van der Waals surface area contributed by atoms with Crippen LogP contribution in [0.3, 0.4) is 0 Å². The first kappa shape index (κ1) is 11.9. The second-order valence-corrected chi connectivity index (χ2v) is 4.61. The second-order valence-electron chi connectivity index (χ2n) is 3.75. The molecule has 0 unspecified atom stereocenters. The number of nitrogens with zero attached hydrogens (tertiary/aromatic N) is 2. The summed E-state index contributed by atoms with van der Waals surface area (Å²) in [5.41, 5.74) is 0.693. The van der Waals surface area contributed by atoms with Gasteiger partial charge in [-0.25, -0.2) is 9.97 Å². The summed E-state index contributed by atoms with van der Waals surface area (Å²) in [6.07, 6.45) is 3.14. The van der Waals surface area contributed by atoms with Crippen molar-refractivity contribution in [3.8, 4) is 23.1 Å². The quantitative estimate of drug-likeness (QED) is 0.723. The van der Waals surface area contributed by atoms with Crippen LogP contribution in [-0.2, 0) is 0 Å². The van der Waals surface area contributed by atoms with Crippen molar-refractivity contribution in [2.24, 2.45) is 0 Å². The van der Waals surface area contributed by atoms with Crippen molar-refractivity contribution in [1.29, 1.82) is 0 Å². The summed E-state index contributed by atoms with van der Waals surface area (Å²) in [6.45, 7) is 0. The summed E-state index contributed by atoms with van der Waals surface area (Å²) >= 11 is 3.38. The van der Waals surface area contributed by atoms with Crippen molar-refractivity contribution >= 4 is 15.9 Å². The largest absolute Gasteiger partial charge is 0.426 e. The lowest BCUT2D eigenvalue weighted by molar-refractivity contribution is 0.351. The van der Waals surface area contributed by atoms with Crippen LogP contribution in [0.4, 0.5) is 0 Å². The fraction of sp³-hybridized carbons (Fsp3) is 0. The van der Waals surface area contributed by atoms with Gasteiger partial charge in [-0.15, -0.1) is 0 Å². The summed E-state index contributed by atoms with van der Waals surface area (Å²) in [7, 11) is 0. The molecule has 0 amide bonds. The van der Waals surface area contributed by atoms with E-state index in [2.05, 4.69) is 25.9 Å². The molecule has 3 rings (SSSR count). The number of benzene rings is 1. The Morgan fingerprint density at radius 2 is 1.89 bits per heavy atom. The molecule has 0 spiro atoms. The van der Waals surface area contributed by atoms with E-state index in [0.717, 1.165) is 10.2 Å². The van der Waals surface area contributed by atoms with Crippen LogP contribution in [0.1, 0.15) is 0 Å². The highest BCUT2D eigenvalue weighted by Crippen LogP contribution is 2.31. The van der Waals surface area contributed by atoms with Crippen molar-refractivity contribution in [2.45, 2.75) is 0 Å². The number of ether oxygens (including phenoxy) is 1. The minimum atomic E-state index is 0.423. The van der Waals surface area contributed by atoms with Gasteiger partial charge in [0.1, 0.15) is 17.8 Å². The van der Waals surface area contributed by atoms with E-state index >= 15 is 0 Å². The highest BCUT2D eigenvalue weighted by molar-refractivity contribution is 9.10. The third-order valence-electron chi connectivity index (χ3n) is 2.44. The minimum absolute atomic E-state index is 0.423. The van der Waals surface area contributed by atoms with Crippen molar-refractivity contribution in [2.75, 3.05) is 0 Å². The highest BCUT2D eigenvalue weighted by atomic mass is 79.9. The van der Waals surface area contributed by atoms with E-state index in [1.165, 1.54) is 6.33 Å². The first-order chi connectivity index (χ1) is 9.33. The monoisotopic (exact) mass is 316 g/mol. The summed E-state index contributed by atoms with van der Waals surface area (Å²) in [4.78, 5) is 8.08. The molecular weight excluding hydrogens is 308 g/mol. The van der Waals surface area contributed by atoms with E-state index in [-0.39, 0.29) is 0 Å². The van der Waals surface area contributed by atoms with Crippen LogP contribution >= 0.6 is 15.9 Å². The Balaban J connectivity index is 1.86. The topological polar surface area (TPSA) is 48.2 Å². The molecule has 0 saturated heterocycles. The third-order valence-corrected chi connectivity index (χ3v) is 3.02. The van der Waals surface area contributed by atoms with Gasteiger partial charge in [-0.1, -0.05) is 18.2 Å². The molecule has 3 aromatic rings. The lowest BCUT2D eigenvalue weighted by Crippen LogP contribution is -1.84. The maximum atomic E-state index is 5.61. The smallest absolute Gasteiger partial charge is 0.290 e. The zero-order valence-electron chi connectivity index (χ0n) is 9.79. The Morgan fingerprint density at radius 1 is 1.05 bits per heavy atom. The zero-order chi connectivity index (χ0) is 13.1. The molecule has 0 aliphatic rings. The Kier molecular flexibility index (Phi) is 3.29. The van der Waals surface area contributed by atoms with Gasteiger partial charge in [0.25, 0.3) is 5.95 Å². The molecule has 2 aromatic heterocycles. The Morgan fingerprint density at radius 3 is 2.68 bits per heavy atom. The van der Waals surface area contributed by atoms with E-state index in [4.69, 9.17) is 9.15 Å². The van der Waals surface area contributed by atoms with Crippen molar-refractivity contribution in [3.05, 3.63) is 59.5 Å². The van der Waals surface area contributed by atoms with Gasteiger partial charge in [0.05, 0.1) is 4.47 Å². The molecule has 0 atom stereocenters. The molecule has 0 aliphatic heterocycles. The summed E-state index contributed by atoms with van der Waals surface area (Å²) in [6, 6.07) is 13.0. The van der Waals surface area contributed by atoms with Crippen LogP contribution in [0.15, 0.2) is 63.9 Å².